The Kier molecular flexibility index (Phi) is 2.75. The smallest absolute Gasteiger partial charge is 0.178 e. The molecule has 4 aromatic heterocycles. The van der Waals surface area contributed by atoms with E-state index in [0.29, 0.717) is 5.65 Å². The molecule has 4 aromatic rings. The number of hydrogen-bond donors (Lipinski definition) is 1. The van der Waals surface area contributed by atoms with E-state index in [2.05, 4.69) is 38.0 Å². The second-order valence-corrected chi connectivity index (χ2v) is 5.19. The summed E-state index contributed by atoms with van der Waals surface area (Å²) in [6.45, 7) is 2.05. The number of imidazole rings is 1. The number of rotatable bonds is 2. The predicted octanol–water partition coefficient (Wildman–Crippen LogP) is 2.73. The lowest BCUT2D eigenvalue weighted by Gasteiger charge is -2.06. The van der Waals surface area contributed by atoms with Crippen LogP contribution in [0.15, 0.2) is 43.2 Å². The Morgan fingerprint density at radius 2 is 1.86 bits per heavy atom. The monoisotopic (exact) mass is 290 g/mol. The van der Waals surface area contributed by atoms with Gasteiger partial charge in [0.1, 0.15) is 0 Å². The molecule has 0 radical (unpaired) electrons. The lowest BCUT2D eigenvalue weighted by molar-refractivity contribution is 0.740. The predicted molar refractivity (Wildman–Crippen MR) is 84.1 cm³/mol. The van der Waals surface area contributed by atoms with Gasteiger partial charge in [-0.1, -0.05) is 0 Å². The second kappa shape index (κ2) is 4.77. The molecule has 0 unspecified atom stereocenters. The van der Waals surface area contributed by atoms with Crippen molar-refractivity contribution in [1.29, 1.82) is 0 Å². The summed E-state index contributed by atoms with van der Waals surface area (Å²) in [7, 11) is 1.94. The van der Waals surface area contributed by atoms with Gasteiger partial charge in [0.05, 0.1) is 18.0 Å². The number of aromatic amines is 1. The number of H-pyrrole nitrogens is 1. The van der Waals surface area contributed by atoms with E-state index in [0.717, 1.165) is 33.5 Å². The minimum atomic E-state index is 0.709. The highest BCUT2D eigenvalue weighted by Gasteiger charge is 2.11. The number of aromatic nitrogens is 6. The largest absolute Gasteiger partial charge is 0.343 e. The van der Waals surface area contributed by atoms with E-state index in [1.54, 1.807) is 12.5 Å². The van der Waals surface area contributed by atoms with Crippen molar-refractivity contribution in [2.24, 2.45) is 7.05 Å². The Bertz CT molecular complexity index is 966. The number of hydrogen-bond acceptors (Lipinski definition) is 4. The zero-order chi connectivity index (χ0) is 15.1. The van der Waals surface area contributed by atoms with Crippen LogP contribution in [0.4, 0.5) is 0 Å². The van der Waals surface area contributed by atoms with Gasteiger partial charge in [-0.15, -0.1) is 0 Å². The molecule has 6 nitrogen and oxygen atoms in total. The van der Waals surface area contributed by atoms with Crippen molar-refractivity contribution in [2.45, 2.75) is 6.92 Å². The summed E-state index contributed by atoms with van der Waals surface area (Å²) in [4.78, 5) is 16.0. The van der Waals surface area contributed by atoms with Crippen LogP contribution >= 0.6 is 0 Å². The summed E-state index contributed by atoms with van der Waals surface area (Å²) in [6.07, 6.45) is 9.00. The first-order chi connectivity index (χ1) is 10.7. The molecule has 4 heterocycles. The van der Waals surface area contributed by atoms with E-state index in [1.165, 1.54) is 0 Å². The van der Waals surface area contributed by atoms with Crippen molar-refractivity contribution in [3.8, 4) is 22.3 Å². The van der Waals surface area contributed by atoms with E-state index in [-0.39, 0.29) is 0 Å². The van der Waals surface area contributed by atoms with Gasteiger partial charge in [0.25, 0.3) is 0 Å². The Morgan fingerprint density at radius 1 is 1.05 bits per heavy atom. The van der Waals surface area contributed by atoms with E-state index in [4.69, 9.17) is 0 Å². The van der Waals surface area contributed by atoms with Crippen LogP contribution in [0.1, 0.15) is 5.69 Å². The molecule has 0 bridgehead atoms. The maximum atomic E-state index is 4.39. The normalized spacial score (nSPS) is 11.2. The summed E-state index contributed by atoms with van der Waals surface area (Å²) in [5.74, 6) is 0. The first-order valence-corrected chi connectivity index (χ1v) is 6.96. The highest BCUT2D eigenvalue weighted by molar-refractivity contribution is 5.90. The summed E-state index contributed by atoms with van der Waals surface area (Å²) in [6, 6.07) is 4.09. The van der Waals surface area contributed by atoms with Gasteiger partial charge < -0.3 is 4.98 Å². The molecule has 6 heteroatoms. The van der Waals surface area contributed by atoms with Crippen molar-refractivity contribution in [1.82, 2.24) is 29.7 Å². The first-order valence-electron chi connectivity index (χ1n) is 6.96. The van der Waals surface area contributed by atoms with E-state index in [1.807, 2.05) is 36.4 Å². The average Bonchev–Trinajstić information content (AvgIpc) is 3.15. The molecule has 1 N–H and O–H groups in total. The third-order valence-electron chi connectivity index (χ3n) is 3.92. The summed E-state index contributed by atoms with van der Waals surface area (Å²) < 4.78 is 1.86. The van der Waals surface area contributed by atoms with Gasteiger partial charge in [0.2, 0.25) is 0 Å². The fraction of sp³-hybridized carbons (Fsp3) is 0.125. The molecule has 0 aliphatic carbocycles. The van der Waals surface area contributed by atoms with Gasteiger partial charge >= 0.3 is 0 Å². The maximum absolute atomic E-state index is 4.39. The Hall–Kier alpha value is -3.02. The number of aryl methyl sites for hydroxylation is 1. The molecule has 0 spiro atoms. The fourth-order valence-electron chi connectivity index (χ4n) is 2.61. The summed E-state index contributed by atoms with van der Waals surface area (Å²) >= 11 is 0. The minimum Gasteiger partial charge on any atom is -0.343 e. The van der Waals surface area contributed by atoms with Crippen LogP contribution in [0.3, 0.4) is 0 Å². The molecule has 0 aromatic carbocycles. The third kappa shape index (κ3) is 1.88. The quantitative estimate of drug-likeness (QED) is 0.616. The summed E-state index contributed by atoms with van der Waals surface area (Å²) in [5, 5.41) is 4.30. The Morgan fingerprint density at radius 3 is 2.64 bits per heavy atom. The van der Waals surface area contributed by atoms with Crippen LogP contribution < -0.4 is 0 Å². The molecule has 108 valence electrons. The Balaban J connectivity index is 1.89. The second-order valence-electron chi connectivity index (χ2n) is 5.19. The molecule has 0 amide bonds. The number of fused-ring (bicyclic) bond motifs is 1. The Labute approximate surface area is 126 Å². The molecule has 0 fully saturated rings. The molecular formula is C16H14N6. The minimum absolute atomic E-state index is 0.709. The molecule has 22 heavy (non-hydrogen) atoms. The van der Waals surface area contributed by atoms with Crippen LogP contribution in [-0.2, 0) is 7.05 Å². The molecule has 0 atom stereocenters. The van der Waals surface area contributed by atoms with Crippen LogP contribution in [0.2, 0.25) is 0 Å². The van der Waals surface area contributed by atoms with Gasteiger partial charge in [-0.2, -0.15) is 5.10 Å². The molecule has 0 saturated carbocycles. The van der Waals surface area contributed by atoms with Gasteiger partial charge in [-0.05, 0) is 19.1 Å². The number of nitrogens with one attached hydrogen (secondary N) is 1. The van der Waals surface area contributed by atoms with E-state index >= 15 is 0 Å². The zero-order valence-corrected chi connectivity index (χ0v) is 12.3. The van der Waals surface area contributed by atoms with Crippen molar-refractivity contribution in [2.75, 3.05) is 0 Å². The average molecular weight is 290 g/mol. The van der Waals surface area contributed by atoms with Gasteiger partial charge in [-0.25, -0.2) is 9.97 Å². The van der Waals surface area contributed by atoms with E-state index < -0.39 is 0 Å². The number of nitrogens with zero attached hydrogens (tertiary/aromatic N) is 5. The molecule has 0 saturated heterocycles. The highest BCUT2D eigenvalue weighted by atomic mass is 15.3. The third-order valence-corrected chi connectivity index (χ3v) is 3.92. The molecule has 4 rings (SSSR count). The first kappa shape index (κ1) is 12.7. The van der Waals surface area contributed by atoms with Crippen molar-refractivity contribution in [3.05, 3.63) is 48.9 Å². The maximum Gasteiger partial charge on any atom is 0.178 e. The van der Waals surface area contributed by atoms with Gasteiger partial charge in [0, 0.05) is 53.6 Å². The van der Waals surface area contributed by atoms with Crippen molar-refractivity contribution in [3.63, 3.8) is 0 Å². The molecule has 0 aliphatic rings. The van der Waals surface area contributed by atoms with E-state index in [9.17, 15) is 0 Å². The standard InChI is InChI=1S/C16H14N6/c1-10-14(8-21-22(10)2)12-5-11(6-17-7-12)13-3-4-18-16-15(13)19-9-20-16/h3-9H,1-2H3,(H,18,19,20). The number of pyridine rings is 2. The van der Waals surface area contributed by atoms with Crippen molar-refractivity contribution >= 4 is 11.2 Å². The van der Waals surface area contributed by atoms with Gasteiger partial charge in [-0.3, -0.25) is 9.67 Å². The summed E-state index contributed by atoms with van der Waals surface area (Å²) in [5.41, 5.74) is 6.94. The van der Waals surface area contributed by atoms with Crippen LogP contribution in [0, 0.1) is 6.92 Å². The lowest BCUT2D eigenvalue weighted by Crippen LogP contribution is -1.93. The topological polar surface area (TPSA) is 72.3 Å². The van der Waals surface area contributed by atoms with Crippen LogP contribution in [-0.4, -0.2) is 29.7 Å². The molecular weight excluding hydrogens is 276 g/mol. The van der Waals surface area contributed by atoms with Crippen LogP contribution in [0.5, 0.6) is 0 Å². The molecule has 0 aliphatic heterocycles. The lowest BCUT2D eigenvalue weighted by atomic mass is 10.0. The SMILES string of the molecule is Cc1c(-c2cncc(-c3ccnc4nc[nH]c34)c2)cnn1C. The van der Waals surface area contributed by atoms with Crippen LogP contribution in [0.25, 0.3) is 33.4 Å². The fourth-order valence-corrected chi connectivity index (χ4v) is 2.61. The zero-order valence-electron chi connectivity index (χ0n) is 12.3. The van der Waals surface area contributed by atoms with Crippen molar-refractivity contribution < 1.29 is 0 Å². The van der Waals surface area contributed by atoms with Gasteiger partial charge in [0.15, 0.2) is 5.65 Å². The highest BCUT2D eigenvalue weighted by Crippen LogP contribution is 2.29.